The van der Waals surface area contributed by atoms with Crippen molar-refractivity contribution < 1.29 is 4.39 Å². The van der Waals surface area contributed by atoms with Crippen LogP contribution in [-0.4, -0.2) is 11.7 Å². The van der Waals surface area contributed by atoms with Crippen molar-refractivity contribution in [1.82, 2.24) is 0 Å². The molecule has 1 aliphatic rings. The standard InChI is InChI=1S/C6H12FN.ClH/c1-6(7)4-2-3-5(6)8;/h5H,2-4,8H2,1H3;1H/t5-,6+;/m1./s1. The van der Waals surface area contributed by atoms with E-state index in [0.717, 1.165) is 12.8 Å². The Bertz CT molecular complexity index is 95.1. The van der Waals surface area contributed by atoms with Crippen LogP contribution in [0.15, 0.2) is 0 Å². The molecule has 0 saturated heterocycles. The van der Waals surface area contributed by atoms with E-state index in [1.807, 2.05) is 0 Å². The van der Waals surface area contributed by atoms with Gasteiger partial charge in [0.05, 0.1) is 0 Å². The van der Waals surface area contributed by atoms with Crippen molar-refractivity contribution in [2.45, 2.75) is 37.9 Å². The van der Waals surface area contributed by atoms with E-state index in [0.29, 0.717) is 6.42 Å². The third-order valence-electron chi connectivity index (χ3n) is 1.95. The van der Waals surface area contributed by atoms with E-state index in [4.69, 9.17) is 5.73 Å². The second-order valence-corrected chi connectivity index (χ2v) is 2.78. The minimum absolute atomic E-state index is 0. The average Bonchev–Trinajstić information content (AvgIpc) is 1.86. The minimum atomic E-state index is -1.07. The molecule has 3 heteroatoms. The van der Waals surface area contributed by atoms with Crippen LogP contribution in [0.5, 0.6) is 0 Å². The zero-order chi connectivity index (χ0) is 6.20. The Morgan fingerprint density at radius 3 is 2.33 bits per heavy atom. The molecule has 1 fully saturated rings. The topological polar surface area (TPSA) is 26.0 Å². The molecular weight excluding hydrogens is 141 g/mol. The van der Waals surface area contributed by atoms with Gasteiger partial charge in [0.2, 0.25) is 0 Å². The summed E-state index contributed by atoms with van der Waals surface area (Å²) in [7, 11) is 0. The van der Waals surface area contributed by atoms with Gasteiger partial charge in [0.25, 0.3) is 0 Å². The maximum Gasteiger partial charge on any atom is 0.123 e. The predicted octanol–water partition coefficient (Wildman–Crippen LogP) is 1.65. The SMILES string of the molecule is C[C@]1(F)CCC[C@H]1N.Cl. The van der Waals surface area contributed by atoms with Crippen molar-refractivity contribution in [1.29, 1.82) is 0 Å². The number of halogens is 2. The molecule has 0 radical (unpaired) electrons. The highest BCUT2D eigenvalue weighted by Crippen LogP contribution is 2.31. The summed E-state index contributed by atoms with van der Waals surface area (Å²) in [4.78, 5) is 0. The van der Waals surface area contributed by atoms with E-state index >= 15 is 0 Å². The van der Waals surface area contributed by atoms with E-state index < -0.39 is 5.67 Å². The van der Waals surface area contributed by atoms with E-state index in [-0.39, 0.29) is 18.4 Å². The first-order chi connectivity index (χ1) is 3.63. The number of alkyl halides is 1. The summed E-state index contributed by atoms with van der Waals surface area (Å²) < 4.78 is 12.9. The Labute approximate surface area is 61.2 Å². The van der Waals surface area contributed by atoms with Crippen LogP contribution in [-0.2, 0) is 0 Å². The van der Waals surface area contributed by atoms with Gasteiger partial charge in [-0.05, 0) is 26.2 Å². The van der Waals surface area contributed by atoms with Crippen LogP contribution in [0.2, 0.25) is 0 Å². The second kappa shape index (κ2) is 2.84. The summed E-state index contributed by atoms with van der Waals surface area (Å²) in [5.41, 5.74) is 4.37. The maximum absolute atomic E-state index is 12.9. The van der Waals surface area contributed by atoms with Gasteiger partial charge in [-0.3, -0.25) is 0 Å². The van der Waals surface area contributed by atoms with Crippen molar-refractivity contribution >= 4 is 12.4 Å². The van der Waals surface area contributed by atoms with Gasteiger partial charge < -0.3 is 5.73 Å². The molecule has 1 aliphatic carbocycles. The molecule has 1 nitrogen and oxygen atoms in total. The molecule has 0 amide bonds. The van der Waals surface area contributed by atoms with Gasteiger partial charge in [-0.25, -0.2) is 4.39 Å². The highest BCUT2D eigenvalue weighted by molar-refractivity contribution is 5.85. The van der Waals surface area contributed by atoms with E-state index in [2.05, 4.69) is 0 Å². The molecule has 0 heterocycles. The average molecular weight is 154 g/mol. The molecule has 1 rings (SSSR count). The largest absolute Gasteiger partial charge is 0.325 e. The lowest BCUT2D eigenvalue weighted by molar-refractivity contribution is 0.175. The zero-order valence-corrected chi connectivity index (χ0v) is 6.38. The maximum atomic E-state index is 12.9. The van der Waals surface area contributed by atoms with Crippen LogP contribution >= 0.6 is 12.4 Å². The van der Waals surface area contributed by atoms with Gasteiger partial charge >= 0.3 is 0 Å². The second-order valence-electron chi connectivity index (χ2n) is 2.78. The van der Waals surface area contributed by atoms with Gasteiger partial charge in [-0.2, -0.15) is 0 Å². The molecule has 1 saturated carbocycles. The summed E-state index contributed by atoms with van der Waals surface area (Å²) in [6.45, 7) is 1.59. The van der Waals surface area contributed by atoms with Crippen molar-refractivity contribution in [3.8, 4) is 0 Å². The molecule has 0 aromatic heterocycles. The van der Waals surface area contributed by atoms with Gasteiger partial charge in [0.15, 0.2) is 0 Å². The molecule has 56 valence electrons. The fourth-order valence-electron chi connectivity index (χ4n) is 1.15. The molecule has 9 heavy (non-hydrogen) atoms. The lowest BCUT2D eigenvalue weighted by atomic mass is 10.0. The Kier molecular flexibility index (Phi) is 2.90. The Balaban J connectivity index is 0.000000640. The fraction of sp³-hybridized carbons (Fsp3) is 1.00. The van der Waals surface area contributed by atoms with Gasteiger partial charge in [-0.15, -0.1) is 12.4 Å². The predicted molar refractivity (Wildman–Crippen MR) is 38.6 cm³/mol. The first-order valence-electron chi connectivity index (χ1n) is 3.07. The lowest BCUT2D eigenvalue weighted by Crippen LogP contribution is -2.36. The van der Waals surface area contributed by atoms with Crippen molar-refractivity contribution in [2.24, 2.45) is 5.73 Å². The van der Waals surface area contributed by atoms with Crippen LogP contribution in [0.3, 0.4) is 0 Å². The molecule has 0 aromatic rings. The number of hydrogen-bond donors (Lipinski definition) is 1. The van der Waals surface area contributed by atoms with Crippen LogP contribution in [0.1, 0.15) is 26.2 Å². The smallest absolute Gasteiger partial charge is 0.123 e. The van der Waals surface area contributed by atoms with Gasteiger partial charge in [-0.1, -0.05) is 0 Å². The zero-order valence-electron chi connectivity index (χ0n) is 5.56. The lowest BCUT2D eigenvalue weighted by Gasteiger charge is -2.17. The first kappa shape index (κ1) is 9.18. The molecule has 2 atom stereocenters. The third kappa shape index (κ3) is 1.80. The normalized spacial score (nSPS) is 42.3. The molecular formula is C6H13ClFN. The van der Waals surface area contributed by atoms with E-state index in [1.54, 1.807) is 6.92 Å². The quantitative estimate of drug-likeness (QED) is 0.563. The Morgan fingerprint density at radius 2 is 2.22 bits per heavy atom. The molecule has 0 bridgehead atoms. The van der Waals surface area contributed by atoms with Crippen LogP contribution < -0.4 is 5.73 Å². The fourth-order valence-corrected chi connectivity index (χ4v) is 1.15. The summed E-state index contributed by atoms with van der Waals surface area (Å²) >= 11 is 0. The van der Waals surface area contributed by atoms with E-state index in [9.17, 15) is 4.39 Å². The van der Waals surface area contributed by atoms with Gasteiger partial charge in [0.1, 0.15) is 5.67 Å². The molecule has 0 unspecified atom stereocenters. The van der Waals surface area contributed by atoms with E-state index in [1.165, 1.54) is 0 Å². The van der Waals surface area contributed by atoms with Gasteiger partial charge in [0, 0.05) is 6.04 Å². The van der Waals surface area contributed by atoms with Crippen molar-refractivity contribution in [2.75, 3.05) is 0 Å². The third-order valence-corrected chi connectivity index (χ3v) is 1.95. The van der Waals surface area contributed by atoms with Crippen LogP contribution in [0.4, 0.5) is 4.39 Å². The summed E-state index contributed by atoms with van der Waals surface area (Å²) in [5.74, 6) is 0. The highest BCUT2D eigenvalue weighted by atomic mass is 35.5. The van der Waals surface area contributed by atoms with Crippen LogP contribution in [0.25, 0.3) is 0 Å². The molecule has 0 aromatic carbocycles. The van der Waals surface area contributed by atoms with Crippen molar-refractivity contribution in [3.63, 3.8) is 0 Å². The number of rotatable bonds is 0. The highest BCUT2D eigenvalue weighted by Gasteiger charge is 2.35. The van der Waals surface area contributed by atoms with Crippen LogP contribution in [0, 0.1) is 0 Å². The summed E-state index contributed by atoms with van der Waals surface area (Å²) in [5, 5.41) is 0. The number of hydrogen-bond acceptors (Lipinski definition) is 1. The first-order valence-corrected chi connectivity index (χ1v) is 3.07. The summed E-state index contributed by atoms with van der Waals surface area (Å²) in [6.07, 6.45) is 2.45. The number of nitrogens with two attached hydrogens (primary N) is 1. The Morgan fingerprint density at radius 1 is 1.67 bits per heavy atom. The van der Waals surface area contributed by atoms with Crippen molar-refractivity contribution in [3.05, 3.63) is 0 Å². The summed E-state index contributed by atoms with van der Waals surface area (Å²) in [6, 6.07) is -0.206. The minimum Gasteiger partial charge on any atom is -0.325 e. The Hall–Kier alpha value is 0.180. The molecule has 0 spiro atoms. The molecule has 2 N–H and O–H groups in total. The molecule has 0 aliphatic heterocycles. The monoisotopic (exact) mass is 153 g/mol.